The molecular formula is C17H22FNO2. The number of rotatable bonds is 3. The van der Waals surface area contributed by atoms with Crippen molar-refractivity contribution in [2.75, 3.05) is 18.0 Å². The summed E-state index contributed by atoms with van der Waals surface area (Å²) in [4.78, 5) is 14.2. The van der Waals surface area contributed by atoms with Gasteiger partial charge in [-0.2, -0.15) is 0 Å². The van der Waals surface area contributed by atoms with E-state index in [1.54, 1.807) is 6.07 Å². The van der Waals surface area contributed by atoms with E-state index in [4.69, 9.17) is 0 Å². The third-order valence-corrected chi connectivity index (χ3v) is 5.04. The lowest BCUT2D eigenvalue weighted by atomic mass is 9.68. The maximum atomic E-state index is 13.8. The zero-order valence-electron chi connectivity index (χ0n) is 12.3. The van der Waals surface area contributed by atoms with Crippen LogP contribution < -0.4 is 4.90 Å². The fourth-order valence-corrected chi connectivity index (χ4v) is 3.88. The van der Waals surface area contributed by atoms with Crippen LogP contribution in [-0.2, 0) is 10.2 Å². The van der Waals surface area contributed by atoms with Gasteiger partial charge < -0.3 is 10.0 Å². The maximum absolute atomic E-state index is 13.8. The predicted molar refractivity (Wildman–Crippen MR) is 80.2 cm³/mol. The number of aliphatic carboxylic acids is 1. The molecule has 2 fully saturated rings. The molecule has 1 aromatic carbocycles. The van der Waals surface area contributed by atoms with E-state index in [1.807, 2.05) is 0 Å². The van der Waals surface area contributed by atoms with E-state index in [0.29, 0.717) is 18.4 Å². The number of benzene rings is 1. The number of carboxylic acids is 1. The molecule has 114 valence electrons. The second-order valence-electron chi connectivity index (χ2n) is 6.30. The van der Waals surface area contributed by atoms with E-state index < -0.39 is 11.4 Å². The number of carbonyl (C=O) groups is 1. The van der Waals surface area contributed by atoms with Crippen LogP contribution >= 0.6 is 0 Å². The summed E-state index contributed by atoms with van der Waals surface area (Å²) in [6.07, 6.45) is 6.36. The van der Waals surface area contributed by atoms with Crippen LogP contribution in [0, 0.1) is 5.82 Å². The van der Waals surface area contributed by atoms with Gasteiger partial charge in [0.25, 0.3) is 0 Å². The normalized spacial score (nSPS) is 21.5. The van der Waals surface area contributed by atoms with Crippen LogP contribution in [0.5, 0.6) is 0 Å². The summed E-state index contributed by atoms with van der Waals surface area (Å²) in [6, 6.07) is 4.69. The molecule has 0 atom stereocenters. The lowest BCUT2D eigenvalue weighted by molar-refractivity contribution is -0.145. The average molecular weight is 291 g/mol. The van der Waals surface area contributed by atoms with Gasteiger partial charge in [0, 0.05) is 18.8 Å². The smallest absolute Gasteiger partial charge is 0.314 e. The van der Waals surface area contributed by atoms with Crippen LogP contribution in [0.1, 0.15) is 50.5 Å². The summed E-state index contributed by atoms with van der Waals surface area (Å²) in [5.74, 6) is -1.13. The van der Waals surface area contributed by atoms with Crippen LogP contribution in [0.15, 0.2) is 18.2 Å². The van der Waals surface area contributed by atoms with Crippen molar-refractivity contribution in [3.8, 4) is 0 Å². The van der Waals surface area contributed by atoms with E-state index >= 15 is 0 Å². The topological polar surface area (TPSA) is 40.5 Å². The number of anilines is 1. The number of halogens is 1. The van der Waals surface area contributed by atoms with E-state index in [0.717, 1.165) is 50.9 Å². The SMILES string of the molecule is O=C(O)C1(c2cc(F)ccc2N2CCCC2)CCCCC1. The molecule has 1 aromatic rings. The molecule has 1 aliphatic heterocycles. The first kappa shape index (κ1) is 14.4. The molecule has 0 amide bonds. The Morgan fingerprint density at radius 2 is 1.76 bits per heavy atom. The summed E-state index contributed by atoms with van der Waals surface area (Å²) in [5, 5.41) is 9.86. The van der Waals surface area contributed by atoms with Crippen molar-refractivity contribution in [1.29, 1.82) is 0 Å². The van der Waals surface area contributed by atoms with Gasteiger partial charge in [-0.15, -0.1) is 0 Å². The van der Waals surface area contributed by atoms with Crippen molar-refractivity contribution in [2.45, 2.75) is 50.4 Å². The van der Waals surface area contributed by atoms with Crippen molar-refractivity contribution in [3.63, 3.8) is 0 Å². The van der Waals surface area contributed by atoms with E-state index in [9.17, 15) is 14.3 Å². The van der Waals surface area contributed by atoms with Crippen molar-refractivity contribution in [1.82, 2.24) is 0 Å². The van der Waals surface area contributed by atoms with Crippen molar-refractivity contribution >= 4 is 11.7 Å². The molecular weight excluding hydrogens is 269 g/mol. The van der Waals surface area contributed by atoms with Gasteiger partial charge in [0.2, 0.25) is 0 Å². The molecule has 0 radical (unpaired) electrons. The zero-order chi connectivity index (χ0) is 14.9. The first-order valence-electron chi connectivity index (χ1n) is 7.92. The lowest BCUT2D eigenvalue weighted by Gasteiger charge is -2.36. The Bertz CT molecular complexity index is 532. The van der Waals surface area contributed by atoms with Crippen molar-refractivity contribution in [3.05, 3.63) is 29.6 Å². The molecule has 4 heteroatoms. The van der Waals surface area contributed by atoms with Gasteiger partial charge in [0.1, 0.15) is 5.82 Å². The second kappa shape index (κ2) is 5.66. The van der Waals surface area contributed by atoms with Gasteiger partial charge in [-0.1, -0.05) is 19.3 Å². The molecule has 2 aliphatic rings. The molecule has 1 N–H and O–H groups in total. The Kier molecular flexibility index (Phi) is 3.87. The van der Waals surface area contributed by atoms with E-state index in [2.05, 4.69) is 4.90 Å². The number of nitrogens with zero attached hydrogens (tertiary/aromatic N) is 1. The van der Waals surface area contributed by atoms with Gasteiger partial charge in [-0.05, 0) is 49.4 Å². The summed E-state index contributed by atoms with van der Waals surface area (Å²) in [5.41, 5.74) is 0.716. The fourth-order valence-electron chi connectivity index (χ4n) is 3.88. The quantitative estimate of drug-likeness (QED) is 0.923. The van der Waals surface area contributed by atoms with Crippen molar-refractivity contribution < 1.29 is 14.3 Å². The van der Waals surface area contributed by atoms with Crippen LogP contribution in [0.4, 0.5) is 10.1 Å². The Labute approximate surface area is 124 Å². The Balaban J connectivity index is 2.09. The molecule has 3 rings (SSSR count). The fraction of sp³-hybridized carbons (Fsp3) is 0.588. The van der Waals surface area contributed by atoms with Crippen LogP contribution in [-0.4, -0.2) is 24.2 Å². The minimum Gasteiger partial charge on any atom is -0.481 e. The van der Waals surface area contributed by atoms with E-state index in [1.165, 1.54) is 12.1 Å². The Morgan fingerprint density at radius 3 is 2.38 bits per heavy atom. The Morgan fingerprint density at radius 1 is 1.10 bits per heavy atom. The molecule has 0 spiro atoms. The van der Waals surface area contributed by atoms with Gasteiger partial charge >= 0.3 is 5.97 Å². The number of hydrogen-bond acceptors (Lipinski definition) is 2. The van der Waals surface area contributed by atoms with Gasteiger partial charge in [0.05, 0.1) is 5.41 Å². The average Bonchev–Trinajstić information content (AvgIpc) is 3.02. The minimum atomic E-state index is -0.904. The molecule has 1 heterocycles. The standard InChI is InChI=1S/C17H22FNO2/c18-13-6-7-15(19-10-4-5-11-19)14(12-13)17(16(20)21)8-2-1-3-9-17/h6-7,12H,1-5,8-11H2,(H,20,21). The first-order chi connectivity index (χ1) is 10.1. The third-order valence-electron chi connectivity index (χ3n) is 5.04. The molecule has 1 saturated carbocycles. The molecule has 0 aromatic heterocycles. The molecule has 0 bridgehead atoms. The highest BCUT2D eigenvalue weighted by Crippen LogP contribution is 2.44. The minimum absolute atomic E-state index is 0.334. The Hall–Kier alpha value is -1.58. The number of hydrogen-bond donors (Lipinski definition) is 1. The second-order valence-corrected chi connectivity index (χ2v) is 6.30. The summed E-state index contributed by atoms with van der Waals surface area (Å²) >= 11 is 0. The highest BCUT2D eigenvalue weighted by Gasteiger charge is 2.43. The van der Waals surface area contributed by atoms with Crippen LogP contribution in [0.2, 0.25) is 0 Å². The highest BCUT2D eigenvalue weighted by molar-refractivity contribution is 5.84. The summed E-state index contributed by atoms with van der Waals surface area (Å²) in [6.45, 7) is 1.88. The predicted octanol–water partition coefficient (Wildman–Crippen LogP) is 3.71. The monoisotopic (exact) mass is 291 g/mol. The third kappa shape index (κ3) is 2.52. The summed E-state index contributed by atoms with van der Waals surface area (Å²) in [7, 11) is 0. The largest absolute Gasteiger partial charge is 0.481 e. The first-order valence-corrected chi connectivity index (χ1v) is 7.92. The molecule has 1 aliphatic carbocycles. The molecule has 1 saturated heterocycles. The number of carboxylic acid groups (broad SMARTS) is 1. The maximum Gasteiger partial charge on any atom is 0.314 e. The van der Waals surface area contributed by atoms with Crippen LogP contribution in [0.25, 0.3) is 0 Å². The molecule has 21 heavy (non-hydrogen) atoms. The molecule has 3 nitrogen and oxygen atoms in total. The van der Waals surface area contributed by atoms with Crippen molar-refractivity contribution in [2.24, 2.45) is 0 Å². The van der Waals surface area contributed by atoms with Crippen LogP contribution in [0.3, 0.4) is 0 Å². The van der Waals surface area contributed by atoms with Gasteiger partial charge in [0.15, 0.2) is 0 Å². The molecule has 0 unspecified atom stereocenters. The lowest BCUT2D eigenvalue weighted by Crippen LogP contribution is -2.39. The van der Waals surface area contributed by atoms with E-state index in [-0.39, 0.29) is 5.82 Å². The zero-order valence-corrected chi connectivity index (χ0v) is 12.3. The summed E-state index contributed by atoms with van der Waals surface area (Å²) < 4.78 is 13.8. The van der Waals surface area contributed by atoms with Gasteiger partial charge in [-0.25, -0.2) is 4.39 Å². The highest BCUT2D eigenvalue weighted by atomic mass is 19.1. The van der Waals surface area contributed by atoms with Gasteiger partial charge in [-0.3, -0.25) is 4.79 Å².